The van der Waals surface area contributed by atoms with E-state index in [0.29, 0.717) is 34.2 Å². The van der Waals surface area contributed by atoms with Gasteiger partial charge in [0.25, 0.3) is 6.01 Å². The number of aliphatic hydroxyl groups excluding tert-OH is 1. The zero-order chi connectivity index (χ0) is 25.7. The molecule has 12 heteroatoms. The molecule has 0 aliphatic carbocycles. The topological polar surface area (TPSA) is 132 Å². The second-order valence-corrected chi connectivity index (χ2v) is 12.3. The van der Waals surface area contributed by atoms with Crippen LogP contribution in [-0.2, 0) is 19.2 Å². The lowest BCUT2D eigenvalue weighted by Crippen LogP contribution is -2.34. The van der Waals surface area contributed by atoms with E-state index in [-0.39, 0.29) is 30.9 Å². The maximum atomic E-state index is 11.9. The molecule has 0 saturated carbocycles. The molecule has 0 bridgehead atoms. The Labute approximate surface area is 218 Å². The van der Waals surface area contributed by atoms with Crippen LogP contribution in [0.15, 0.2) is 53.0 Å². The lowest BCUT2D eigenvalue weighted by Gasteiger charge is -2.15. The van der Waals surface area contributed by atoms with Gasteiger partial charge in [0.2, 0.25) is 0 Å². The zero-order valence-corrected chi connectivity index (χ0v) is 21.6. The number of pyridine rings is 2. The summed E-state index contributed by atoms with van der Waals surface area (Å²) < 4.78 is 33.2. The van der Waals surface area contributed by atoms with Gasteiger partial charge >= 0.3 is 0 Å². The summed E-state index contributed by atoms with van der Waals surface area (Å²) in [7, 11) is -2.24. The van der Waals surface area contributed by atoms with Crippen LogP contribution in [0.4, 0.5) is 5.69 Å². The molecule has 10 nitrogen and oxygen atoms in total. The number of hydrogen-bond donors (Lipinski definition) is 2. The Morgan fingerprint density at radius 2 is 1.84 bits per heavy atom. The van der Waals surface area contributed by atoms with Gasteiger partial charge in [-0.05, 0) is 18.2 Å². The highest BCUT2D eigenvalue weighted by molar-refractivity contribution is 7.92. The van der Waals surface area contributed by atoms with Gasteiger partial charge in [-0.15, -0.1) is 0 Å². The summed E-state index contributed by atoms with van der Waals surface area (Å²) in [5, 5.41) is 10.4. The smallest absolute Gasteiger partial charge is 0.296 e. The number of imidazole rings is 1. The number of aromatic nitrogens is 4. The fraction of sp³-hybridized carbons (Fsp3) is 0.320. The first-order valence-corrected chi connectivity index (χ1v) is 14.3. The van der Waals surface area contributed by atoms with Gasteiger partial charge in [-0.3, -0.25) is 9.97 Å². The molecule has 0 spiro atoms. The van der Waals surface area contributed by atoms with Crippen LogP contribution < -0.4 is 4.74 Å². The van der Waals surface area contributed by atoms with Crippen molar-refractivity contribution in [3.8, 4) is 28.5 Å². The SMILES string of the molecule is CS(C)(=O)=Nc1ccc(-c2ccc(-c3nc4[nH]c(O[C@@H]5CO[C@H]6[C@@H]5OC[C@H]6O)nc4cc3Cl)cc2)nc1. The predicted octanol–water partition coefficient (Wildman–Crippen LogP) is 3.61. The van der Waals surface area contributed by atoms with Crippen molar-refractivity contribution in [2.75, 3.05) is 25.7 Å². The van der Waals surface area contributed by atoms with Crippen molar-refractivity contribution in [3.63, 3.8) is 0 Å². The highest BCUT2D eigenvalue weighted by Crippen LogP contribution is 2.33. The molecule has 3 aromatic heterocycles. The van der Waals surface area contributed by atoms with Crippen molar-refractivity contribution in [3.05, 3.63) is 53.7 Å². The molecular formula is C25H24ClN5O5S. The van der Waals surface area contributed by atoms with Gasteiger partial charge in [-0.1, -0.05) is 35.9 Å². The monoisotopic (exact) mass is 541 g/mol. The predicted molar refractivity (Wildman–Crippen MR) is 140 cm³/mol. The van der Waals surface area contributed by atoms with E-state index in [1.54, 1.807) is 30.8 Å². The standard InChI is InChI=1S/C25H24ClN5O5S/c1-37(2,33)31-15-7-8-17(27-10-15)13-3-5-14(6-4-13)21-16(26)9-18-24(29-21)30-25(28-18)36-20-12-35-22-19(32)11-34-23(20)22/h3-10,19-20,22-23,32H,11-12H2,1-2H3,(H,28,29,30)/t19-,20-,22-,23-/m1/s1. The molecule has 2 N–H and O–H groups in total. The minimum absolute atomic E-state index is 0.229. The van der Waals surface area contributed by atoms with E-state index in [1.807, 2.05) is 30.3 Å². The molecule has 1 aromatic carbocycles. The largest absolute Gasteiger partial charge is 0.456 e. The summed E-state index contributed by atoms with van der Waals surface area (Å²) in [5.74, 6) is 0. The fourth-order valence-corrected chi connectivity index (χ4v) is 5.38. The van der Waals surface area contributed by atoms with Crippen molar-refractivity contribution in [1.29, 1.82) is 0 Å². The first-order chi connectivity index (χ1) is 17.7. The van der Waals surface area contributed by atoms with E-state index in [0.717, 1.165) is 16.8 Å². The third-order valence-corrected chi connectivity index (χ3v) is 7.11. The normalized spacial score (nSPS) is 23.4. The van der Waals surface area contributed by atoms with E-state index < -0.39 is 15.8 Å². The average Bonchev–Trinajstić information content (AvgIpc) is 3.55. The van der Waals surface area contributed by atoms with Gasteiger partial charge in [0.1, 0.15) is 23.8 Å². The zero-order valence-electron chi connectivity index (χ0n) is 20.0. The number of halogens is 1. The van der Waals surface area contributed by atoms with Crippen molar-refractivity contribution < 1.29 is 23.5 Å². The van der Waals surface area contributed by atoms with Crippen molar-refractivity contribution >= 4 is 38.2 Å². The highest BCUT2D eigenvalue weighted by Gasteiger charge is 2.48. The number of fused-ring (bicyclic) bond motifs is 2. The average molecular weight is 542 g/mol. The Balaban J connectivity index is 1.22. The van der Waals surface area contributed by atoms with Crippen LogP contribution in [0.1, 0.15) is 0 Å². The summed E-state index contributed by atoms with van der Waals surface area (Å²) in [6, 6.07) is 13.4. The van der Waals surface area contributed by atoms with Crippen molar-refractivity contribution in [2.45, 2.75) is 24.4 Å². The number of aliphatic hydroxyl groups is 1. The first kappa shape index (κ1) is 24.3. The van der Waals surface area contributed by atoms with Crippen LogP contribution in [0.25, 0.3) is 33.7 Å². The van der Waals surface area contributed by atoms with Crippen LogP contribution in [0.5, 0.6) is 6.01 Å². The van der Waals surface area contributed by atoms with Crippen LogP contribution in [0.3, 0.4) is 0 Å². The van der Waals surface area contributed by atoms with Crippen LogP contribution in [0.2, 0.25) is 5.02 Å². The summed E-state index contributed by atoms with van der Waals surface area (Å²) in [6.07, 6.45) is 3.03. The highest BCUT2D eigenvalue weighted by atomic mass is 35.5. The van der Waals surface area contributed by atoms with E-state index >= 15 is 0 Å². The van der Waals surface area contributed by atoms with Gasteiger partial charge in [-0.25, -0.2) is 9.19 Å². The van der Waals surface area contributed by atoms with E-state index in [4.69, 9.17) is 25.8 Å². The number of ether oxygens (including phenoxy) is 3. The molecule has 4 atom stereocenters. The lowest BCUT2D eigenvalue weighted by molar-refractivity contribution is 0.00706. The summed E-state index contributed by atoms with van der Waals surface area (Å²) >= 11 is 6.56. The third-order valence-electron chi connectivity index (χ3n) is 6.18. The molecule has 2 aliphatic rings. The summed E-state index contributed by atoms with van der Waals surface area (Å²) in [5.41, 5.74) is 4.80. The minimum Gasteiger partial charge on any atom is -0.456 e. The molecule has 37 heavy (non-hydrogen) atoms. The molecule has 4 aromatic rings. The van der Waals surface area contributed by atoms with Gasteiger partial charge in [0.15, 0.2) is 11.8 Å². The fourth-order valence-electron chi connectivity index (χ4n) is 4.51. The van der Waals surface area contributed by atoms with Gasteiger partial charge in [0.05, 0.1) is 41.5 Å². The van der Waals surface area contributed by atoms with Crippen LogP contribution >= 0.6 is 11.6 Å². The molecule has 2 aliphatic heterocycles. The number of nitrogens with zero attached hydrogens (tertiary/aromatic N) is 4. The van der Waals surface area contributed by atoms with Crippen LogP contribution in [0, 0.1) is 0 Å². The maximum absolute atomic E-state index is 11.9. The Hall–Kier alpha value is -3.09. The minimum atomic E-state index is -2.24. The molecule has 6 rings (SSSR count). The van der Waals surface area contributed by atoms with Crippen molar-refractivity contribution in [1.82, 2.24) is 19.9 Å². The molecule has 2 fully saturated rings. The Kier molecular flexibility index (Phi) is 6.12. The Bertz CT molecular complexity index is 1580. The quantitative estimate of drug-likeness (QED) is 0.391. The van der Waals surface area contributed by atoms with E-state index in [1.165, 1.54) is 0 Å². The molecule has 5 heterocycles. The number of aromatic amines is 1. The van der Waals surface area contributed by atoms with Gasteiger partial charge in [0, 0.05) is 33.4 Å². The first-order valence-electron chi connectivity index (χ1n) is 11.6. The number of nitrogens with one attached hydrogen (secondary N) is 1. The molecule has 0 unspecified atom stereocenters. The van der Waals surface area contributed by atoms with E-state index in [9.17, 15) is 9.32 Å². The Morgan fingerprint density at radius 3 is 2.57 bits per heavy atom. The third kappa shape index (κ3) is 4.92. The number of hydrogen-bond acceptors (Lipinski definition) is 9. The maximum Gasteiger partial charge on any atom is 0.296 e. The lowest BCUT2D eigenvalue weighted by atomic mass is 10.1. The summed E-state index contributed by atoms with van der Waals surface area (Å²) in [6.45, 7) is 0.533. The molecule has 192 valence electrons. The second kappa shape index (κ2) is 9.34. The molecule has 0 radical (unpaired) electrons. The molecular weight excluding hydrogens is 518 g/mol. The van der Waals surface area contributed by atoms with Crippen LogP contribution in [-0.4, -0.2) is 79.4 Å². The number of H-pyrrole nitrogens is 1. The van der Waals surface area contributed by atoms with Gasteiger partial charge < -0.3 is 19.3 Å². The van der Waals surface area contributed by atoms with Gasteiger partial charge in [-0.2, -0.15) is 9.35 Å². The van der Waals surface area contributed by atoms with E-state index in [2.05, 4.69) is 24.3 Å². The number of rotatable bonds is 5. The Morgan fingerprint density at radius 1 is 1.08 bits per heavy atom. The summed E-state index contributed by atoms with van der Waals surface area (Å²) in [4.78, 5) is 16.7. The second-order valence-electron chi connectivity index (χ2n) is 9.30. The molecule has 0 amide bonds. The van der Waals surface area contributed by atoms with Crippen molar-refractivity contribution in [2.24, 2.45) is 4.36 Å². The molecule has 2 saturated heterocycles. The number of benzene rings is 1.